The second-order valence-corrected chi connectivity index (χ2v) is 3.09. The van der Waals surface area contributed by atoms with Crippen molar-refractivity contribution in [3.8, 4) is 5.75 Å². The average molecular weight is 194 g/mol. The van der Waals surface area contributed by atoms with E-state index in [4.69, 9.17) is 4.74 Å². The molecule has 1 aromatic rings. The van der Waals surface area contributed by atoms with E-state index in [9.17, 15) is 0 Å². The Morgan fingerprint density at radius 3 is 2.36 bits per heavy atom. The van der Waals surface area contributed by atoms with Gasteiger partial charge in [0.05, 0.1) is 7.11 Å². The Balaban J connectivity index is 2.58. The van der Waals surface area contributed by atoms with Crippen LogP contribution in [0.5, 0.6) is 5.75 Å². The molecule has 0 aliphatic rings. The molecule has 0 unspecified atom stereocenters. The molecule has 0 aliphatic carbocycles. The van der Waals surface area contributed by atoms with Crippen LogP contribution in [0.4, 0.5) is 0 Å². The van der Waals surface area contributed by atoms with Crippen LogP contribution in [0.1, 0.15) is 12.5 Å². The second-order valence-electron chi connectivity index (χ2n) is 3.09. The molecule has 0 saturated carbocycles. The lowest BCUT2D eigenvalue weighted by atomic mass is 10.2. The summed E-state index contributed by atoms with van der Waals surface area (Å²) in [4.78, 5) is 0. The molecule has 0 heterocycles. The van der Waals surface area contributed by atoms with E-state index in [0.717, 1.165) is 18.8 Å². The first-order chi connectivity index (χ1) is 6.80. The van der Waals surface area contributed by atoms with Gasteiger partial charge in [0.15, 0.2) is 0 Å². The summed E-state index contributed by atoms with van der Waals surface area (Å²) in [7, 11) is 3.62. The number of hydrogen-bond acceptors (Lipinski definition) is 3. The van der Waals surface area contributed by atoms with Gasteiger partial charge in [0.25, 0.3) is 0 Å². The minimum absolute atomic E-state index is 0.904. The number of hydrogen-bond donors (Lipinski definition) is 1. The molecule has 14 heavy (non-hydrogen) atoms. The number of hydrazine groups is 1. The summed E-state index contributed by atoms with van der Waals surface area (Å²) >= 11 is 0. The van der Waals surface area contributed by atoms with Crippen molar-refractivity contribution in [2.75, 3.05) is 20.7 Å². The lowest BCUT2D eigenvalue weighted by Crippen LogP contribution is -2.33. The SMILES string of the molecule is CCN(Cc1ccc(OC)cc1)NC. The number of methoxy groups -OCH3 is 1. The molecule has 3 heteroatoms. The zero-order valence-electron chi connectivity index (χ0n) is 9.08. The zero-order valence-corrected chi connectivity index (χ0v) is 9.08. The molecular weight excluding hydrogens is 176 g/mol. The summed E-state index contributed by atoms with van der Waals surface area (Å²) in [5, 5.41) is 2.14. The summed E-state index contributed by atoms with van der Waals surface area (Å²) in [5.74, 6) is 0.904. The van der Waals surface area contributed by atoms with Gasteiger partial charge in [-0.1, -0.05) is 19.1 Å². The fraction of sp³-hybridized carbons (Fsp3) is 0.455. The number of ether oxygens (including phenoxy) is 1. The Bertz CT molecular complexity index is 254. The van der Waals surface area contributed by atoms with Gasteiger partial charge in [0, 0.05) is 13.1 Å². The molecule has 1 aromatic carbocycles. The van der Waals surface area contributed by atoms with Gasteiger partial charge in [0.1, 0.15) is 5.75 Å². The minimum Gasteiger partial charge on any atom is -0.497 e. The number of nitrogens with one attached hydrogen (secondary N) is 1. The van der Waals surface area contributed by atoms with Crippen molar-refractivity contribution < 1.29 is 4.74 Å². The van der Waals surface area contributed by atoms with Crippen molar-refractivity contribution in [1.29, 1.82) is 0 Å². The van der Waals surface area contributed by atoms with E-state index >= 15 is 0 Å². The molecule has 0 bridgehead atoms. The predicted octanol–water partition coefficient (Wildman–Crippen LogP) is 1.65. The summed E-state index contributed by atoms with van der Waals surface area (Å²) in [6.07, 6.45) is 0. The van der Waals surface area contributed by atoms with Crippen molar-refractivity contribution in [3.63, 3.8) is 0 Å². The van der Waals surface area contributed by atoms with Crippen molar-refractivity contribution >= 4 is 0 Å². The molecule has 0 aliphatic heterocycles. The Hall–Kier alpha value is -1.06. The highest BCUT2D eigenvalue weighted by molar-refractivity contribution is 5.26. The van der Waals surface area contributed by atoms with E-state index < -0.39 is 0 Å². The van der Waals surface area contributed by atoms with Gasteiger partial charge < -0.3 is 4.74 Å². The zero-order chi connectivity index (χ0) is 10.4. The highest BCUT2D eigenvalue weighted by atomic mass is 16.5. The summed E-state index contributed by atoms with van der Waals surface area (Å²) < 4.78 is 5.10. The maximum Gasteiger partial charge on any atom is 0.118 e. The number of rotatable bonds is 5. The fourth-order valence-corrected chi connectivity index (χ4v) is 1.30. The normalized spacial score (nSPS) is 10.6. The molecule has 0 amide bonds. The molecule has 0 spiro atoms. The number of nitrogens with zero attached hydrogens (tertiary/aromatic N) is 1. The third-order valence-corrected chi connectivity index (χ3v) is 2.23. The molecule has 0 radical (unpaired) electrons. The summed E-state index contributed by atoms with van der Waals surface area (Å²) in [6, 6.07) is 8.13. The maximum absolute atomic E-state index is 5.10. The van der Waals surface area contributed by atoms with Crippen molar-refractivity contribution in [3.05, 3.63) is 29.8 Å². The molecule has 0 aromatic heterocycles. The van der Waals surface area contributed by atoms with Gasteiger partial charge in [-0.25, -0.2) is 5.01 Å². The van der Waals surface area contributed by atoms with Gasteiger partial charge in [-0.3, -0.25) is 5.43 Å². The van der Waals surface area contributed by atoms with E-state index in [0.29, 0.717) is 0 Å². The first kappa shape index (κ1) is 11.0. The van der Waals surface area contributed by atoms with Crippen molar-refractivity contribution in [2.24, 2.45) is 0 Å². The summed E-state index contributed by atoms with van der Waals surface area (Å²) in [6.45, 7) is 4.03. The molecular formula is C11H18N2O. The predicted molar refractivity (Wildman–Crippen MR) is 58.1 cm³/mol. The molecule has 1 rings (SSSR count). The first-order valence-electron chi connectivity index (χ1n) is 4.85. The number of benzene rings is 1. The van der Waals surface area contributed by atoms with Crippen LogP contribution >= 0.6 is 0 Å². The van der Waals surface area contributed by atoms with E-state index in [2.05, 4.69) is 29.5 Å². The summed E-state index contributed by atoms with van der Waals surface area (Å²) in [5.41, 5.74) is 4.41. The Kier molecular flexibility index (Phi) is 4.43. The topological polar surface area (TPSA) is 24.5 Å². The molecule has 1 N–H and O–H groups in total. The average Bonchev–Trinajstić information content (AvgIpc) is 2.26. The van der Waals surface area contributed by atoms with E-state index in [1.807, 2.05) is 19.2 Å². The smallest absolute Gasteiger partial charge is 0.118 e. The van der Waals surface area contributed by atoms with Gasteiger partial charge in [-0.2, -0.15) is 0 Å². The lowest BCUT2D eigenvalue weighted by molar-refractivity contribution is 0.210. The van der Waals surface area contributed by atoms with Crippen LogP contribution in [-0.4, -0.2) is 25.7 Å². The Morgan fingerprint density at radius 1 is 1.29 bits per heavy atom. The largest absolute Gasteiger partial charge is 0.497 e. The standard InChI is InChI=1S/C11H18N2O/c1-4-13(12-2)9-10-5-7-11(14-3)8-6-10/h5-8,12H,4,9H2,1-3H3. The molecule has 3 nitrogen and oxygen atoms in total. The van der Waals surface area contributed by atoms with Crippen LogP contribution in [0.15, 0.2) is 24.3 Å². The van der Waals surface area contributed by atoms with E-state index in [1.54, 1.807) is 7.11 Å². The highest BCUT2D eigenvalue weighted by Crippen LogP contribution is 2.12. The lowest BCUT2D eigenvalue weighted by Gasteiger charge is -2.18. The Labute approximate surface area is 85.6 Å². The van der Waals surface area contributed by atoms with Crippen LogP contribution in [-0.2, 0) is 6.54 Å². The third kappa shape index (κ3) is 3.01. The third-order valence-electron chi connectivity index (χ3n) is 2.23. The van der Waals surface area contributed by atoms with Gasteiger partial charge in [-0.05, 0) is 24.7 Å². The van der Waals surface area contributed by atoms with Crippen LogP contribution in [0, 0.1) is 0 Å². The molecule has 0 saturated heterocycles. The van der Waals surface area contributed by atoms with Gasteiger partial charge in [-0.15, -0.1) is 0 Å². The van der Waals surface area contributed by atoms with Gasteiger partial charge >= 0.3 is 0 Å². The molecule has 0 atom stereocenters. The monoisotopic (exact) mass is 194 g/mol. The highest BCUT2D eigenvalue weighted by Gasteiger charge is 2.00. The quantitative estimate of drug-likeness (QED) is 0.721. The molecule has 78 valence electrons. The van der Waals surface area contributed by atoms with Crippen molar-refractivity contribution in [2.45, 2.75) is 13.5 Å². The van der Waals surface area contributed by atoms with Crippen LogP contribution in [0.2, 0.25) is 0 Å². The van der Waals surface area contributed by atoms with Gasteiger partial charge in [0.2, 0.25) is 0 Å². The first-order valence-corrected chi connectivity index (χ1v) is 4.85. The maximum atomic E-state index is 5.10. The Morgan fingerprint density at radius 2 is 1.93 bits per heavy atom. The van der Waals surface area contributed by atoms with Crippen LogP contribution in [0.25, 0.3) is 0 Å². The molecule has 0 fully saturated rings. The van der Waals surface area contributed by atoms with Crippen molar-refractivity contribution in [1.82, 2.24) is 10.4 Å². The fourth-order valence-electron chi connectivity index (χ4n) is 1.30. The van der Waals surface area contributed by atoms with Crippen LogP contribution < -0.4 is 10.2 Å². The van der Waals surface area contributed by atoms with Crippen LogP contribution in [0.3, 0.4) is 0 Å². The van der Waals surface area contributed by atoms with E-state index in [-0.39, 0.29) is 0 Å². The van der Waals surface area contributed by atoms with E-state index in [1.165, 1.54) is 5.56 Å². The second kappa shape index (κ2) is 5.62. The minimum atomic E-state index is 0.904.